The van der Waals surface area contributed by atoms with Gasteiger partial charge in [0.25, 0.3) is 0 Å². The fraction of sp³-hybridized carbons (Fsp3) is 0.429. The number of pyridine rings is 1. The molecule has 0 aliphatic carbocycles. The average Bonchev–Trinajstić information content (AvgIpc) is 3.05. The van der Waals surface area contributed by atoms with Crippen molar-refractivity contribution in [3.05, 3.63) is 30.1 Å². The van der Waals surface area contributed by atoms with Gasteiger partial charge < -0.3 is 20.7 Å². The molecule has 0 aromatic carbocycles. The summed E-state index contributed by atoms with van der Waals surface area (Å²) in [6, 6.07) is 3.69. The monoisotopic (exact) mass is 291 g/mol. The summed E-state index contributed by atoms with van der Waals surface area (Å²) in [5.74, 6) is 0.767. The number of anilines is 2. The maximum Gasteiger partial charge on any atom is 0.134 e. The van der Waals surface area contributed by atoms with E-state index in [4.69, 9.17) is 5.41 Å². The van der Waals surface area contributed by atoms with Gasteiger partial charge in [-0.05, 0) is 18.6 Å². The van der Waals surface area contributed by atoms with Crippen LogP contribution in [0.25, 0.3) is 0 Å². The summed E-state index contributed by atoms with van der Waals surface area (Å²) in [4.78, 5) is 6.24. The standard InChI is InChI=1S/C14H18FN5O/c15-9-3-4-20(8-9)13-2-1-10(5-18-13)17-6-11-12(16)7-19-14(11)21/h1-2,5-6,9,14,16-17,19,21H,3-4,7-8H2/b11-6+,16-12?/t9-,14?/m0/s1. The van der Waals surface area contributed by atoms with Gasteiger partial charge in [-0.25, -0.2) is 9.37 Å². The average molecular weight is 291 g/mol. The zero-order chi connectivity index (χ0) is 14.8. The highest BCUT2D eigenvalue weighted by molar-refractivity contribution is 6.02. The van der Waals surface area contributed by atoms with Crippen LogP contribution in [0.1, 0.15) is 6.42 Å². The summed E-state index contributed by atoms with van der Waals surface area (Å²) in [5.41, 5.74) is 1.65. The molecular formula is C14H18FN5O. The molecule has 21 heavy (non-hydrogen) atoms. The van der Waals surface area contributed by atoms with Crippen molar-refractivity contribution in [2.75, 3.05) is 29.9 Å². The topological polar surface area (TPSA) is 84.3 Å². The Bertz CT molecular complexity index is 559. The summed E-state index contributed by atoms with van der Waals surface area (Å²) in [6.07, 6.45) is 2.26. The summed E-state index contributed by atoms with van der Waals surface area (Å²) < 4.78 is 13.2. The van der Waals surface area contributed by atoms with Gasteiger partial charge >= 0.3 is 0 Å². The van der Waals surface area contributed by atoms with E-state index in [1.807, 2.05) is 17.0 Å². The van der Waals surface area contributed by atoms with Gasteiger partial charge in [-0.1, -0.05) is 0 Å². The molecule has 1 aromatic rings. The molecule has 2 atom stereocenters. The quantitative estimate of drug-likeness (QED) is 0.664. The normalized spacial score (nSPS) is 27.6. The molecule has 0 amide bonds. The molecule has 0 radical (unpaired) electrons. The summed E-state index contributed by atoms with van der Waals surface area (Å²) in [7, 11) is 0. The van der Waals surface area contributed by atoms with Crippen LogP contribution < -0.4 is 15.5 Å². The van der Waals surface area contributed by atoms with Crippen molar-refractivity contribution >= 4 is 17.2 Å². The van der Waals surface area contributed by atoms with Gasteiger partial charge in [0.2, 0.25) is 0 Å². The SMILES string of the molecule is N=C1CNC(O)/C1=C/Nc1ccc(N2CC[C@H](F)C2)nc1. The van der Waals surface area contributed by atoms with Crippen LogP contribution in [0.15, 0.2) is 30.1 Å². The van der Waals surface area contributed by atoms with Crippen molar-refractivity contribution in [2.24, 2.45) is 0 Å². The zero-order valence-corrected chi connectivity index (χ0v) is 11.5. The lowest BCUT2D eigenvalue weighted by atomic mass is 10.2. The van der Waals surface area contributed by atoms with Crippen molar-refractivity contribution in [3.63, 3.8) is 0 Å². The Morgan fingerprint density at radius 3 is 2.95 bits per heavy atom. The summed E-state index contributed by atoms with van der Waals surface area (Å²) in [5, 5.41) is 23.1. The molecule has 6 nitrogen and oxygen atoms in total. The van der Waals surface area contributed by atoms with Crippen molar-refractivity contribution < 1.29 is 9.50 Å². The third kappa shape index (κ3) is 3.03. The molecule has 1 aromatic heterocycles. The zero-order valence-electron chi connectivity index (χ0n) is 11.5. The smallest absolute Gasteiger partial charge is 0.134 e. The highest BCUT2D eigenvalue weighted by Crippen LogP contribution is 2.21. The Hall–Kier alpha value is -1.99. The number of halogens is 1. The third-order valence-corrected chi connectivity index (χ3v) is 3.71. The van der Waals surface area contributed by atoms with Crippen LogP contribution in [0, 0.1) is 5.41 Å². The minimum Gasteiger partial charge on any atom is -0.374 e. The van der Waals surface area contributed by atoms with Crippen molar-refractivity contribution in [1.29, 1.82) is 5.41 Å². The van der Waals surface area contributed by atoms with E-state index in [1.165, 1.54) is 0 Å². The van der Waals surface area contributed by atoms with Crippen LogP contribution >= 0.6 is 0 Å². The lowest BCUT2D eigenvalue weighted by molar-refractivity contribution is 0.195. The van der Waals surface area contributed by atoms with Crippen LogP contribution in [-0.2, 0) is 0 Å². The summed E-state index contributed by atoms with van der Waals surface area (Å²) >= 11 is 0. The Balaban J connectivity index is 1.65. The molecule has 2 aliphatic heterocycles. The first-order chi connectivity index (χ1) is 10.1. The molecule has 0 bridgehead atoms. The van der Waals surface area contributed by atoms with Gasteiger partial charge in [0, 0.05) is 24.9 Å². The second kappa shape index (κ2) is 5.79. The Kier molecular flexibility index (Phi) is 3.85. The van der Waals surface area contributed by atoms with Crippen molar-refractivity contribution in [1.82, 2.24) is 10.3 Å². The van der Waals surface area contributed by atoms with Crippen LogP contribution in [0.4, 0.5) is 15.9 Å². The van der Waals surface area contributed by atoms with E-state index in [0.717, 1.165) is 11.5 Å². The Morgan fingerprint density at radius 2 is 2.38 bits per heavy atom. The third-order valence-electron chi connectivity index (χ3n) is 3.71. The molecule has 2 saturated heterocycles. The van der Waals surface area contributed by atoms with Gasteiger partial charge in [-0.2, -0.15) is 0 Å². The van der Waals surface area contributed by atoms with Gasteiger partial charge in [0.1, 0.15) is 18.2 Å². The van der Waals surface area contributed by atoms with Crippen LogP contribution in [-0.4, -0.2) is 47.8 Å². The number of aliphatic hydroxyl groups is 1. The van der Waals surface area contributed by atoms with E-state index in [2.05, 4.69) is 15.6 Å². The number of hydrogen-bond acceptors (Lipinski definition) is 6. The predicted octanol–water partition coefficient (Wildman–Crippen LogP) is 0.867. The molecule has 0 spiro atoms. The lowest BCUT2D eigenvalue weighted by Gasteiger charge is -2.16. The van der Waals surface area contributed by atoms with E-state index in [-0.39, 0.29) is 0 Å². The Labute approximate surface area is 122 Å². The van der Waals surface area contributed by atoms with Crippen molar-refractivity contribution in [2.45, 2.75) is 18.8 Å². The van der Waals surface area contributed by atoms with Gasteiger partial charge in [-0.15, -0.1) is 0 Å². The molecule has 7 heteroatoms. The summed E-state index contributed by atoms with van der Waals surface area (Å²) in [6.45, 7) is 1.46. The number of alkyl halides is 1. The van der Waals surface area contributed by atoms with E-state index in [1.54, 1.807) is 12.4 Å². The lowest BCUT2D eigenvalue weighted by Crippen LogP contribution is -2.21. The van der Waals surface area contributed by atoms with Gasteiger partial charge in [0.15, 0.2) is 0 Å². The molecule has 2 aliphatic rings. The highest BCUT2D eigenvalue weighted by Gasteiger charge is 2.23. The number of aromatic nitrogens is 1. The number of nitrogens with one attached hydrogen (secondary N) is 3. The van der Waals surface area contributed by atoms with Crippen LogP contribution in [0.3, 0.4) is 0 Å². The minimum absolute atomic E-state index is 0.366. The molecule has 0 saturated carbocycles. The second-order valence-electron chi connectivity index (χ2n) is 5.24. The molecule has 3 rings (SSSR count). The van der Waals surface area contributed by atoms with Crippen molar-refractivity contribution in [3.8, 4) is 0 Å². The second-order valence-corrected chi connectivity index (χ2v) is 5.24. The molecule has 2 fully saturated rings. The van der Waals surface area contributed by atoms with Crippen LogP contribution in [0.2, 0.25) is 0 Å². The Morgan fingerprint density at radius 1 is 1.52 bits per heavy atom. The largest absolute Gasteiger partial charge is 0.374 e. The van der Waals surface area contributed by atoms with E-state index in [9.17, 15) is 9.50 Å². The first-order valence-corrected chi connectivity index (χ1v) is 6.94. The van der Waals surface area contributed by atoms with E-state index in [0.29, 0.717) is 37.3 Å². The molecular weight excluding hydrogens is 273 g/mol. The fourth-order valence-electron chi connectivity index (χ4n) is 2.49. The van der Waals surface area contributed by atoms with Gasteiger partial charge in [-0.3, -0.25) is 5.32 Å². The maximum atomic E-state index is 13.2. The number of nitrogens with zero attached hydrogens (tertiary/aromatic N) is 2. The molecule has 4 N–H and O–H groups in total. The van der Waals surface area contributed by atoms with E-state index >= 15 is 0 Å². The first-order valence-electron chi connectivity index (χ1n) is 6.94. The maximum absolute atomic E-state index is 13.2. The van der Waals surface area contributed by atoms with Crippen LogP contribution in [0.5, 0.6) is 0 Å². The molecule has 1 unspecified atom stereocenters. The number of rotatable bonds is 3. The highest BCUT2D eigenvalue weighted by atomic mass is 19.1. The van der Waals surface area contributed by atoms with Gasteiger partial charge in [0.05, 0.1) is 24.1 Å². The number of aliphatic hydroxyl groups excluding tert-OH is 1. The first kappa shape index (κ1) is 14.0. The fourth-order valence-corrected chi connectivity index (χ4v) is 2.49. The molecule has 3 heterocycles. The predicted molar refractivity (Wildman–Crippen MR) is 79.4 cm³/mol. The number of hydrogen-bond donors (Lipinski definition) is 4. The molecule has 112 valence electrons. The van der Waals surface area contributed by atoms with E-state index < -0.39 is 12.4 Å². The minimum atomic E-state index is -0.802.